The Morgan fingerprint density at radius 1 is 0.895 bits per heavy atom. The number of hydrogen-bond acceptors (Lipinski definition) is 2. The van der Waals surface area contributed by atoms with Crippen LogP contribution < -0.4 is 10.1 Å². The summed E-state index contributed by atoms with van der Waals surface area (Å²) in [4.78, 5) is 0. The lowest BCUT2D eigenvalue weighted by Gasteiger charge is -2.07. The zero-order valence-electron chi connectivity index (χ0n) is 10.8. The van der Waals surface area contributed by atoms with Gasteiger partial charge in [0.05, 0.1) is 6.61 Å². The van der Waals surface area contributed by atoms with Crippen LogP contribution in [0.3, 0.4) is 0 Å². The number of benzene rings is 2. The van der Waals surface area contributed by atoms with E-state index in [1.807, 2.05) is 54.6 Å². The predicted molar refractivity (Wildman–Crippen MR) is 81.1 cm³/mol. The van der Waals surface area contributed by atoms with Crippen molar-refractivity contribution >= 4 is 17.3 Å². The van der Waals surface area contributed by atoms with Gasteiger partial charge in [-0.3, -0.25) is 0 Å². The quantitative estimate of drug-likeness (QED) is 0.745. The van der Waals surface area contributed by atoms with Crippen molar-refractivity contribution in [1.82, 2.24) is 0 Å². The molecule has 0 unspecified atom stereocenters. The summed E-state index contributed by atoms with van der Waals surface area (Å²) in [6.45, 7) is 1.70. The van der Waals surface area contributed by atoms with Crippen LogP contribution in [0, 0.1) is 0 Å². The molecule has 0 heterocycles. The standard InChI is InChI=1S/C16H18ClNO/c17-14-8-10-15(11-9-14)18-12-4-5-13-19-16-6-2-1-3-7-16/h1-3,6-11,18H,4-5,12-13H2. The molecule has 0 aromatic heterocycles. The lowest BCUT2D eigenvalue weighted by molar-refractivity contribution is 0.308. The van der Waals surface area contributed by atoms with Crippen LogP contribution in [0.15, 0.2) is 54.6 Å². The number of para-hydroxylation sites is 1. The third-order valence-electron chi connectivity index (χ3n) is 2.76. The first-order chi connectivity index (χ1) is 9.34. The number of unbranched alkanes of at least 4 members (excludes halogenated alkanes) is 1. The van der Waals surface area contributed by atoms with Crippen molar-refractivity contribution in [3.63, 3.8) is 0 Å². The highest BCUT2D eigenvalue weighted by atomic mass is 35.5. The molecule has 0 aliphatic heterocycles. The van der Waals surface area contributed by atoms with Gasteiger partial charge in [-0.2, -0.15) is 0 Å². The maximum absolute atomic E-state index is 5.83. The summed E-state index contributed by atoms with van der Waals surface area (Å²) in [6.07, 6.45) is 2.12. The van der Waals surface area contributed by atoms with E-state index in [0.717, 1.165) is 42.5 Å². The van der Waals surface area contributed by atoms with Crippen LogP contribution in [0.5, 0.6) is 5.75 Å². The van der Waals surface area contributed by atoms with E-state index in [0.29, 0.717) is 0 Å². The normalized spacial score (nSPS) is 10.2. The molecule has 3 heteroatoms. The van der Waals surface area contributed by atoms with Crippen LogP contribution in [0.1, 0.15) is 12.8 Å². The Balaban J connectivity index is 1.56. The monoisotopic (exact) mass is 275 g/mol. The van der Waals surface area contributed by atoms with E-state index in [9.17, 15) is 0 Å². The van der Waals surface area contributed by atoms with Crippen molar-refractivity contribution in [3.8, 4) is 5.75 Å². The molecule has 100 valence electrons. The minimum atomic E-state index is 0.756. The smallest absolute Gasteiger partial charge is 0.119 e. The van der Waals surface area contributed by atoms with Crippen LogP contribution in [0.4, 0.5) is 5.69 Å². The molecule has 2 rings (SSSR count). The minimum absolute atomic E-state index is 0.756. The lowest BCUT2D eigenvalue weighted by Crippen LogP contribution is -2.04. The molecule has 0 bridgehead atoms. The number of anilines is 1. The topological polar surface area (TPSA) is 21.3 Å². The van der Waals surface area contributed by atoms with Crippen LogP contribution in [0.25, 0.3) is 0 Å². The van der Waals surface area contributed by atoms with Crippen LogP contribution >= 0.6 is 11.6 Å². The van der Waals surface area contributed by atoms with Gasteiger partial charge in [-0.25, -0.2) is 0 Å². The summed E-state index contributed by atoms with van der Waals surface area (Å²) in [7, 11) is 0. The van der Waals surface area contributed by atoms with E-state index in [4.69, 9.17) is 16.3 Å². The second kappa shape index (κ2) is 7.70. The van der Waals surface area contributed by atoms with Crippen molar-refractivity contribution in [2.24, 2.45) is 0 Å². The van der Waals surface area contributed by atoms with Crippen molar-refractivity contribution in [1.29, 1.82) is 0 Å². The van der Waals surface area contributed by atoms with E-state index in [-0.39, 0.29) is 0 Å². The van der Waals surface area contributed by atoms with Gasteiger partial charge in [0.15, 0.2) is 0 Å². The van der Waals surface area contributed by atoms with Gasteiger partial charge in [0.2, 0.25) is 0 Å². The molecule has 0 amide bonds. The number of hydrogen-bond donors (Lipinski definition) is 1. The Morgan fingerprint density at radius 3 is 2.37 bits per heavy atom. The highest BCUT2D eigenvalue weighted by molar-refractivity contribution is 6.30. The number of halogens is 1. The molecule has 0 aliphatic rings. The van der Waals surface area contributed by atoms with Gasteiger partial charge in [0.25, 0.3) is 0 Å². The van der Waals surface area contributed by atoms with Crippen molar-refractivity contribution in [2.45, 2.75) is 12.8 Å². The third kappa shape index (κ3) is 5.23. The number of ether oxygens (including phenoxy) is 1. The van der Waals surface area contributed by atoms with Gasteiger partial charge in [-0.1, -0.05) is 29.8 Å². The molecule has 19 heavy (non-hydrogen) atoms. The molecule has 2 aromatic rings. The van der Waals surface area contributed by atoms with Crippen molar-refractivity contribution in [2.75, 3.05) is 18.5 Å². The van der Waals surface area contributed by atoms with Gasteiger partial charge < -0.3 is 10.1 Å². The second-order valence-corrected chi connectivity index (χ2v) is 4.74. The Kier molecular flexibility index (Phi) is 5.57. The summed E-state index contributed by atoms with van der Waals surface area (Å²) in [5, 5.41) is 4.12. The van der Waals surface area contributed by atoms with E-state index >= 15 is 0 Å². The zero-order valence-corrected chi connectivity index (χ0v) is 11.6. The Hall–Kier alpha value is -1.67. The molecule has 2 aromatic carbocycles. The summed E-state index contributed by atoms with van der Waals surface area (Å²) in [5.41, 5.74) is 1.10. The van der Waals surface area contributed by atoms with E-state index in [1.165, 1.54) is 0 Å². The molecule has 0 fully saturated rings. The molecular weight excluding hydrogens is 258 g/mol. The van der Waals surface area contributed by atoms with Gasteiger partial charge in [-0.15, -0.1) is 0 Å². The zero-order chi connectivity index (χ0) is 13.3. The Morgan fingerprint density at radius 2 is 1.63 bits per heavy atom. The molecule has 2 nitrogen and oxygen atoms in total. The maximum Gasteiger partial charge on any atom is 0.119 e. The molecule has 0 saturated heterocycles. The third-order valence-corrected chi connectivity index (χ3v) is 3.01. The fourth-order valence-corrected chi connectivity index (χ4v) is 1.86. The Labute approximate surface area is 119 Å². The number of nitrogens with one attached hydrogen (secondary N) is 1. The first kappa shape index (κ1) is 13.8. The Bertz CT molecular complexity index is 470. The predicted octanol–water partition coefficient (Wildman–Crippen LogP) is 4.61. The first-order valence-corrected chi connectivity index (χ1v) is 6.90. The second-order valence-electron chi connectivity index (χ2n) is 4.30. The van der Waals surface area contributed by atoms with E-state index < -0.39 is 0 Å². The molecule has 0 radical (unpaired) electrons. The van der Waals surface area contributed by atoms with Crippen LogP contribution in [-0.2, 0) is 0 Å². The van der Waals surface area contributed by atoms with Gasteiger partial charge in [0.1, 0.15) is 5.75 Å². The average Bonchev–Trinajstić information content (AvgIpc) is 2.46. The first-order valence-electron chi connectivity index (χ1n) is 6.52. The molecule has 0 saturated carbocycles. The molecule has 1 N–H and O–H groups in total. The molecule has 0 spiro atoms. The van der Waals surface area contributed by atoms with E-state index in [1.54, 1.807) is 0 Å². The van der Waals surface area contributed by atoms with Crippen LogP contribution in [-0.4, -0.2) is 13.2 Å². The molecule has 0 atom stereocenters. The molecular formula is C16H18ClNO. The van der Waals surface area contributed by atoms with E-state index in [2.05, 4.69) is 5.32 Å². The highest BCUT2D eigenvalue weighted by Gasteiger charge is 1.94. The van der Waals surface area contributed by atoms with Gasteiger partial charge >= 0.3 is 0 Å². The van der Waals surface area contributed by atoms with Crippen molar-refractivity contribution in [3.05, 3.63) is 59.6 Å². The van der Waals surface area contributed by atoms with Crippen LogP contribution in [0.2, 0.25) is 5.02 Å². The van der Waals surface area contributed by atoms with Crippen molar-refractivity contribution < 1.29 is 4.74 Å². The van der Waals surface area contributed by atoms with Gasteiger partial charge in [0, 0.05) is 17.3 Å². The number of rotatable bonds is 7. The highest BCUT2D eigenvalue weighted by Crippen LogP contribution is 2.13. The fraction of sp³-hybridized carbons (Fsp3) is 0.250. The largest absolute Gasteiger partial charge is 0.494 e. The summed E-state index contributed by atoms with van der Waals surface area (Å²) in [6, 6.07) is 17.7. The van der Waals surface area contributed by atoms with Gasteiger partial charge in [-0.05, 0) is 49.2 Å². The lowest BCUT2D eigenvalue weighted by atomic mass is 10.3. The average molecular weight is 276 g/mol. The maximum atomic E-state index is 5.83. The summed E-state index contributed by atoms with van der Waals surface area (Å²) >= 11 is 5.83. The molecule has 0 aliphatic carbocycles. The SMILES string of the molecule is Clc1ccc(NCCCCOc2ccccc2)cc1. The minimum Gasteiger partial charge on any atom is -0.494 e. The fourth-order valence-electron chi connectivity index (χ4n) is 1.73. The summed E-state index contributed by atoms with van der Waals surface area (Å²) in [5.74, 6) is 0.938. The summed E-state index contributed by atoms with van der Waals surface area (Å²) < 4.78 is 5.63.